The van der Waals surface area contributed by atoms with Crippen molar-refractivity contribution in [2.75, 3.05) is 0 Å². The summed E-state index contributed by atoms with van der Waals surface area (Å²) in [5.74, 6) is 1.40. The van der Waals surface area contributed by atoms with Gasteiger partial charge >= 0.3 is 0 Å². The number of nitrogens with zero attached hydrogens (tertiary/aromatic N) is 5. The fourth-order valence-corrected chi connectivity index (χ4v) is 4.39. The molecule has 0 saturated carbocycles. The number of H-pyrrole nitrogens is 1. The van der Waals surface area contributed by atoms with E-state index in [9.17, 15) is 4.79 Å². The Kier molecular flexibility index (Phi) is 5.86. The van der Waals surface area contributed by atoms with Gasteiger partial charge in [-0.05, 0) is 43.4 Å². The molecule has 148 valence electrons. The molecule has 3 heterocycles. The number of rotatable bonds is 7. The quantitative estimate of drug-likeness (QED) is 0.277. The fourth-order valence-electron chi connectivity index (χ4n) is 3.14. The summed E-state index contributed by atoms with van der Waals surface area (Å²) in [6.45, 7) is 3.27. The molecule has 0 aliphatic heterocycles. The van der Waals surface area contributed by atoms with Crippen LogP contribution in [-0.2, 0) is 25.3 Å². The number of aromatic nitrogens is 6. The zero-order chi connectivity index (χ0) is 20.2. The van der Waals surface area contributed by atoms with Gasteiger partial charge in [-0.1, -0.05) is 30.0 Å². The van der Waals surface area contributed by atoms with Gasteiger partial charge in [-0.25, -0.2) is 4.98 Å². The zero-order valence-corrected chi connectivity index (χ0v) is 17.5. The third kappa shape index (κ3) is 4.15. The van der Waals surface area contributed by atoms with E-state index in [2.05, 4.69) is 15.2 Å². The Labute approximate surface area is 176 Å². The highest BCUT2D eigenvalue weighted by atomic mass is 32.2. The maximum absolute atomic E-state index is 13.2. The molecule has 1 N–H and O–H groups in total. The Morgan fingerprint density at radius 1 is 1.14 bits per heavy atom. The summed E-state index contributed by atoms with van der Waals surface area (Å²) in [7, 11) is 0. The predicted molar refractivity (Wildman–Crippen MR) is 117 cm³/mol. The number of fused-ring (bicyclic) bond motifs is 1. The van der Waals surface area contributed by atoms with Crippen LogP contribution in [0.2, 0.25) is 0 Å². The Hall–Kier alpha value is -2.78. The normalized spacial score (nSPS) is 11.2. The molecule has 0 atom stereocenters. The molecule has 4 aromatic rings. The molecule has 0 aliphatic carbocycles. The van der Waals surface area contributed by atoms with Crippen molar-refractivity contribution >= 4 is 34.9 Å². The summed E-state index contributed by atoms with van der Waals surface area (Å²) in [6, 6.07) is 13.2. The number of hydrogen-bond donors (Lipinski definition) is 1. The number of aromatic amines is 1. The Morgan fingerprint density at radius 3 is 2.76 bits per heavy atom. The number of aryl methyl sites for hydroxylation is 1. The molecule has 0 bridgehead atoms. The van der Waals surface area contributed by atoms with Crippen LogP contribution >= 0.6 is 24.0 Å². The van der Waals surface area contributed by atoms with Crippen molar-refractivity contribution in [2.24, 2.45) is 0 Å². The van der Waals surface area contributed by atoms with Crippen molar-refractivity contribution in [1.29, 1.82) is 0 Å². The molecule has 7 nitrogen and oxygen atoms in total. The summed E-state index contributed by atoms with van der Waals surface area (Å²) in [6.07, 6.45) is 2.42. The third-order valence-electron chi connectivity index (χ3n) is 4.63. The average molecular weight is 425 g/mol. The molecule has 0 unspecified atom stereocenters. The van der Waals surface area contributed by atoms with Crippen molar-refractivity contribution in [1.82, 2.24) is 29.3 Å². The van der Waals surface area contributed by atoms with Crippen LogP contribution < -0.4 is 5.56 Å². The monoisotopic (exact) mass is 424 g/mol. The van der Waals surface area contributed by atoms with E-state index >= 15 is 0 Å². The second kappa shape index (κ2) is 8.71. The van der Waals surface area contributed by atoms with Crippen LogP contribution in [0.4, 0.5) is 0 Å². The second-order valence-corrected chi connectivity index (χ2v) is 7.75. The van der Waals surface area contributed by atoms with Crippen molar-refractivity contribution in [3.05, 3.63) is 75.3 Å². The van der Waals surface area contributed by atoms with Gasteiger partial charge in [-0.3, -0.25) is 19.4 Å². The van der Waals surface area contributed by atoms with Crippen LogP contribution in [0, 0.1) is 4.77 Å². The Morgan fingerprint density at radius 2 is 1.97 bits per heavy atom. The molecule has 0 spiro atoms. The first-order valence-electron chi connectivity index (χ1n) is 9.33. The van der Waals surface area contributed by atoms with E-state index in [4.69, 9.17) is 17.2 Å². The number of thioether (sulfide) groups is 1. The van der Waals surface area contributed by atoms with Crippen LogP contribution in [-0.4, -0.2) is 29.3 Å². The Bertz CT molecular complexity index is 1250. The summed E-state index contributed by atoms with van der Waals surface area (Å²) in [5.41, 5.74) is 1.60. The first kappa shape index (κ1) is 19.5. The summed E-state index contributed by atoms with van der Waals surface area (Å²) in [4.78, 5) is 22.3. The minimum absolute atomic E-state index is 0.0385. The van der Waals surface area contributed by atoms with Crippen molar-refractivity contribution in [3.8, 4) is 0 Å². The molecule has 1 aromatic carbocycles. The lowest BCUT2D eigenvalue weighted by Crippen LogP contribution is -2.24. The van der Waals surface area contributed by atoms with Gasteiger partial charge < -0.3 is 4.57 Å². The lowest BCUT2D eigenvalue weighted by atomic mass is 10.2. The number of hydrogen-bond acceptors (Lipinski definition) is 6. The minimum atomic E-state index is -0.0385. The smallest absolute Gasteiger partial charge is 0.262 e. The van der Waals surface area contributed by atoms with Gasteiger partial charge in [0.05, 0.1) is 16.7 Å². The maximum atomic E-state index is 13.2. The highest BCUT2D eigenvalue weighted by molar-refractivity contribution is 7.98. The topological polar surface area (TPSA) is 81.4 Å². The van der Waals surface area contributed by atoms with E-state index in [-0.39, 0.29) is 5.56 Å². The molecule has 0 amide bonds. The molecule has 0 fully saturated rings. The van der Waals surface area contributed by atoms with Crippen LogP contribution in [0.3, 0.4) is 0 Å². The fraction of sp³-hybridized carbons (Fsp3) is 0.250. The summed E-state index contributed by atoms with van der Waals surface area (Å²) < 4.78 is 4.28. The second-order valence-electron chi connectivity index (χ2n) is 6.42. The molecule has 0 aliphatic rings. The van der Waals surface area contributed by atoms with Crippen molar-refractivity contribution in [3.63, 3.8) is 0 Å². The lowest BCUT2D eigenvalue weighted by Gasteiger charge is -2.13. The molecule has 3 aromatic heterocycles. The highest BCUT2D eigenvalue weighted by Gasteiger charge is 2.14. The van der Waals surface area contributed by atoms with Gasteiger partial charge in [-0.2, -0.15) is 5.10 Å². The Balaban J connectivity index is 1.68. The van der Waals surface area contributed by atoms with Gasteiger partial charge in [0.2, 0.25) is 0 Å². The van der Waals surface area contributed by atoms with Gasteiger partial charge in [0.25, 0.3) is 5.56 Å². The van der Waals surface area contributed by atoms with Gasteiger partial charge in [0, 0.05) is 31.4 Å². The van der Waals surface area contributed by atoms with E-state index < -0.39 is 0 Å². The van der Waals surface area contributed by atoms with E-state index in [0.29, 0.717) is 39.5 Å². The first-order chi connectivity index (χ1) is 14.2. The SMILES string of the molecule is CCn1c(CSc2nc3ccccc3c(=O)n2CCc2ccccn2)n[nH]c1=S. The summed E-state index contributed by atoms with van der Waals surface area (Å²) in [5, 5.41) is 8.43. The van der Waals surface area contributed by atoms with E-state index in [1.54, 1.807) is 10.8 Å². The van der Waals surface area contributed by atoms with Gasteiger partial charge in [0.15, 0.2) is 9.93 Å². The largest absolute Gasteiger partial charge is 0.304 e. The third-order valence-corrected chi connectivity index (χ3v) is 5.91. The molecule has 29 heavy (non-hydrogen) atoms. The number of benzene rings is 1. The highest BCUT2D eigenvalue weighted by Crippen LogP contribution is 2.22. The molecule has 9 heteroatoms. The van der Waals surface area contributed by atoms with E-state index in [0.717, 1.165) is 18.1 Å². The maximum Gasteiger partial charge on any atom is 0.262 e. The van der Waals surface area contributed by atoms with Crippen molar-refractivity contribution < 1.29 is 0 Å². The van der Waals surface area contributed by atoms with Crippen molar-refractivity contribution in [2.45, 2.75) is 37.3 Å². The molecule has 0 saturated heterocycles. The standard InChI is InChI=1S/C20H20N6OS2/c1-2-25-17(23-24-19(25)28)13-29-20-22-16-9-4-3-8-15(16)18(27)26(20)12-10-14-7-5-6-11-21-14/h3-9,11H,2,10,12-13H2,1H3,(H,24,28). The number of nitrogens with one attached hydrogen (secondary N) is 1. The lowest BCUT2D eigenvalue weighted by molar-refractivity contribution is 0.589. The average Bonchev–Trinajstić information content (AvgIpc) is 3.12. The van der Waals surface area contributed by atoms with E-state index in [1.165, 1.54) is 11.8 Å². The first-order valence-corrected chi connectivity index (χ1v) is 10.7. The number of para-hydroxylation sites is 1. The van der Waals surface area contributed by atoms with Gasteiger partial charge in [-0.15, -0.1) is 0 Å². The van der Waals surface area contributed by atoms with E-state index in [1.807, 2.05) is 54.0 Å². The predicted octanol–water partition coefficient (Wildman–Crippen LogP) is 3.60. The van der Waals surface area contributed by atoms with Crippen LogP contribution in [0.1, 0.15) is 18.4 Å². The molecular formula is C20H20N6OS2. The summed E-state index contributed by atoms with van der Waals surface area (Å²) >= 11 is 6.76. The van der Waals surface area contributed by atoms with Crippen LogP contribution in [0.5, 0.6) is 0 Å². The van der Waals surface area contributed by atoms with Crippen LogP contribution in [0.15, 0.2) is 58.6 Å². The molecule has 4 rings (SSSR count). The molecule has 0 radical (unpaired) electrons. The zero-order valence-electron chi connectivity index (χ0n) is 15.9. The minimum Gasteiger partial charge on any atom is -0.304 e. The number of pyridine rings is 1. The van der Waals surface area contributed by atoms with Crippen LogP contribution in [0.25, 0.3) is 10.9 Å². The molecular weight excluding hydrogens is 404 g/mol. The van der Waals surface area contributed by atoms with Gasteiger partial charge in [0.1, 0.15) is 5.82 Å².